The van der Waals surface area contributed by atoms with Gasteiger partial charge in [0.25, 0.3) is 0 Å². The number of benzene rings is 2. The van der Waals surface area contributed by atoms with E-state index in [0.717, 1.165) is 0 Å². The van der Waals surface area contributed by atoms with E-state index in [9.17, 15) is 9.18 Å². The van der Waals surface area contributed by atoms with Crippen molar-refractivity contribution in [1.82, 2.24) is 0 Å². The fourth-order valence-electron chi connectivity index (χ4n) is 1.49. The van der Waals surface area contributed by atoms with Crippen LogP contribution in [0, 0.1) is 5.82 Å². The van der Waals surface area contributed by atoms with E-state index in [0.29, 0.717) is 16.4 Å². The Bertz CT molecular complexity index is 619. The molecule has 0 aliphatic carbocycles. The van der Waals surface area contributed by atoms with Crippen LogP contribution in [-0.4, -0.2) is 6.03 Å². The highest BCUT2D eigenvalue weighted by atomic mass is 35.5. The van der Waals surface area contributed by atoms with Crippen LogP contribution in [0.15, 0.2) is 42.5 Å². The molecule has 0 aliphatic rings. The number of nitrogens with one attached hydrogen (secondary N) is 2. The Kier molecular flexibility index (Phi) is 3.87. The molecule has 19 heavy (non-hydrogen) atoms. The van der Waals surface area contributed by atoms with E-state index < -0.39 is 11.8 Å². The van der Waals surface area contributed by atoms with Crippen LogP contribution >= 0.6 is 11.6 Å². The fourth-order valence-corrected chi connectivity index (χ4v) is 1.67. The zero-order valence-electron chi connectivity index (χ0n) is 9.78. The molecule has 0 heterocycles. The van der Waals surface area contributed by atoms with E-state index in [2.05, 4.69) is 10.6 Å². The third-order valence-corrected chi connectivity index (χ3v) is 2.56. The van der Waals surface area contributed by atoms with E-state index in [1.54, 1.807) is 24.3 Å². The van der Waals surface area contributed by atoms with Crippen molar-refractivity contribution in [3.05, 3.63) is 53.3 Å². The summed E-state index contributed by atoms with van der Waals surface area (Å²) in [6.45, 7) is 0. The summed E-state index contributed by atoms with van der Waals surface area (Å²) in [7, 11) is 0. The van der Waals surface area contributed by atoms with Gasteiger partial charge in [-0.25, -0.2) is 9.18 Å². The summed E-state index contributed by atoms with van der Waals surface area (Å²) in [5.74, 6) is -0.563. The SMILES string of the molecule is Nc1cccc(NC(=O)Nc2cc(Cl)ccc2F)c1. The molecular formula is C13H11ClFN3O. The standard InChI is InChI=1S/C13H11ClFN3O/c14-8-4-5-11(15)12(6-8)18-13(19)17-10-3-1-2-9(16)7-10/h1-7H,16H2,(H2,17,18,19). The number of carbonyl (C=O) groups is 1. The molecule has 0 aromatic heterocycles. The van der Waals surface area contributed by atoms with Gasteiger partial charge in [0.15, 0.2) is 0 Å². The maximum atomic E-state index is 13.4. The van der Waals surface area contributed by atoms with Crippen molar-refractivity contribution in [1.29, 1.82) is 0 Å². The van der Waals surface area contributed by atoms with Crippen LogP contribution in [0.2, 0.25) is 5.02 Å². The molecule has 0 spiro atoms. The van der Waals surface area contributed by atoms with E-state index in [1.165, 1.54) is 18.2 Å². The summed E-state index contributed by atoms with van der Waals surface area (Å²) in [5.41, 5.74) is 6.62. The summed E-state index contributed by atoms with van der Waals surface area (Å²) >= 11 is 5.73. The predicted molar refractivity (Wildman–Crippen MR) is 74.9 cm³/mol. The Labute approximate surface area is 114 Å². The number of hydrogen-bond donors (Lipinski definition) is 3. The van der Waals surface area contributed by atoms with Crippen molar-refractivity contribution in [2.45, 2.75) is 0 Å². The second-order valence-electron chi connectivity index (χ2n) is 3.83. The third kappa shape index (κ3) is 3.59. The second-order valence-corrected chi connectivity index (χ2v) is 4.27. The Morgan fingerprint density at radius 3 is 2.68 bits per heavy atom. The van der Waals surface area contributed by atoms with Gasteiger partial charge in [-0.05, 0) is 36.4 Å². The highest BCUT2D eigenvalue weighted by molar-refractivity contribution is 6.30. The van der Waals surface area contributed by atoms with Gasteiger partial charge in [-0.2, -0.15) is 0 Å². The lowest BCUT2D eigenvalue weighted by molar-refractivity contribution is 0.262. The van der Waals surface area contributed by atoms with Crippen molar-refractivity contribution in [2.75, 3.05) is 16.4 Å². The molecule has 2 amide bonds. The van der Waals surface area contributed by atoms with Gasteiger partial charge in [0.1, 0.15) is 5.82 Å². The molecule has 0 unspecified atom stereocenters. The summed E-state index contributed by atoms with van der Waals surface area (Å²) < 4.78 is 13.4. The lowest BCUT2D eigenvalue weighted by Crippen LogP contribution is -2.20. The molecule has 98 valence electrons. The van der Waals surface area contributed by atoms with E-state index in [1.807, 2.05) is 0 Å². The molecule has 2 rings (SSSR count). The number of urea groups is 1. The Hall–Kier alpha value is -2.27. The highest BCUT2D eigenvalue weighted by Crippen LogP contribution is 2.20. The quantitative estimate of drug-likeness (QED) is 0.734. The van der Waals surface area contributed by atoms with Gasteiger partial charge >= 0.3 is 6.03 Å². The van der Waals surface area contributed by atoms with Crippen molar-refractivity contribution in [2.24, 2.45) is 0 Å². The van der Waals surface area contributed by atoms with Crippen molar-refractivity contribution in [3.8, 4) is 0 Å². The first kappa shape index (κ1) is 13.2. The first-order valence-corrected chi connectivity index (χ1v) is 5.81. The van der Waals surface area contributed by atoms with Crippen molar-refractivity contribution < 1.29 is 9.18 Å². The third-order valence-electron chi connectivity index (χ3n) is 2.32. The second kappa shape index (κ2) is 5.58. The van der Waals surface area contributed by atoms with Gasteiger partial charge in [-0.15, -0.1) is 0 Å². The smallest absolute Gasteiger partial charge is 0.323 e. The van der Waals surface area contributed by atoms with Crippen LogP contribution in [0.1, 0.15) is 0 Å². The first-order valence-electron chi connectivity index (χ1n) is 5.43. The molecule has 4 N–H and O–H groups in total. The number of nitrogens with two attached hydrogens (primary N) is 1. The molecular weight excluding hydrogens is 269 g/mol. The first-order chi connectivity index (χ1) is 9.04. The minimum Gasteiger partial charge on any atom is -0.399 e. The van der Waals surface area contributed by atoms with Crippen LogP contribution in [0.4, 0.5) is 26.2 Å². The predicted octanol–water partition coefficient (Wildman–Crippen LogP) is 3.71. The van der Waals surface area contributed by atoms with Crippen LogP contribution in [-0.2, 0) is 0 Å². The number of carbonyl (C=O) groups excluding carboxylic acids is 1. The van der Waals surface area contributed by atoms with Crippen molar-refractivity contribution in [3.63, 3.8) is 0 Å². The van der Waals surface area contributed by atoms with Crippen LogP contribution < -0.4 is 16.4 Å². The number of nitrogen functional groups attached to an aromatic ring is 1. The van der Waals surface area contributed by atoms with E-state index in [4.69, 9.17) is 17.3 Å². The minimum atomic E-state index is -0.577. The molecule has 0 bridgehead atoms. The summed E-state index contributed by atoms with van der Waals surface area (Å²) in [6.07, 6.45) is 0. The lowest BCUT2D eigenvalue weighted by atomic mass is 10.3. The maximum absolute atomic E-state index is 13.4. The van der Waals surface area contributed by atoms with Gasteiger partial charge in [0.2, 0.25) is 0 Å². The van der Waals surface area contributed by atoms with Crippen LogP contribution in [0.25, 0.3) is 0 Å². The molecule has 0 aliphatic heterocycles. The molecule has 0 saturated carbocycles. The van der Waals surface area contributed by atoms with Gasteiger partial charge in [-0.3, -0.25) is 0 Å². The average Bonchev–Trinajstić information content (AvgIpc) is 2.34. The van der Waals surface area contributed by atoms with Crippen LogP contribution in [0.3, 0.4) is 0 Å². The largest absolute Gasteiger partial charge is 0.399 e. The number of hydrogen-bond acceptors (Lipinski definition) is 2. The van der Waals surface area contributed by atoms with Crippen LogP contribution in [0.5, 0.6) is 0 Å². The average molecular weight is 280 g/mol. The number of amides is 2. The van der Waals surface area contributed by atoms with Crippen molar-refractivity contribution >= 4 is 34.7 Å². The monoisotopic (exact) mass is 279 g/mol. The number of rotatable bonds is 2. The lowest BCUT2D eigenvalue weighted by Gasteiger charge is -2.09. The normalized spacial score (nSPS) is 10.0. The molecule has 0 atom stereocenters. The van der Waals surface area contributed by atoms with Gasteiger partial charge in [-0.1, -0.05) is 17.7 Å². The molecule has 0 radical (unpaired) electrons. The Morgan fingerprint density at radius 1 is 1.16 bits per heavy atom. The fraction of sp³-hybridized carbons (Fsp3) is 0. The Morgan fingerprint density at radius 2 is 1.95 bits per heavy atom. The number of halogens is 2. The van der Waals surface area contributed by atoms with E-state index in [-0.39, 0.29) is 5.69 Å². The molecule has 0 fully saturated rings. The zero-order valence-corrected chi connectivity index (χ0v) is 10.5. The minimum absolute atomic E-state index is 0.00824. The zero-order chi connectivity index (χ0) is 13.8. The summed E-state index contributed by atoms with van der Waals surface area (Å²) in [4.78, 5) is 11.7. The van der Waals surface area contributed by atoms with Gasteiger partial charge < -0.3 is 16.4 Å². The maximum Gasteiger partial charge on any atom is 0.323 e. The summed E-state index contributed by atoms with van der Waals surface area (Å²) in [5, 5.41) is 5.24. The number of anilines is 3. The molecule has 4 nitrogen and oxygen atoms in total. The highest BCUT2D eigenvalue weighted by Gasteiger charge is 2.07. The van der Waals surface area contributed by atoms with E-state index >= 15 is 0 Å². The molecule has 6 heteroatoms. The van der Waals surface area contributed by atoms with Gasteiger partial charge in [0, 0.05) is 16.4 Å². The molecule has 2 aromatic rings. The summed E-state index contributed by atoms with van der Waals surface area (Å²) in [6, 6.07) is 9.99. The Balaban J connectivity index is 2.07. The molecule has 0 saturated heterocycles. The topological polar surface area (TPSA) is 67.1 Å². The van der Waals surface area contributed by atoms with Gasteiger partial charge in [0.05, 0.1) is 5.69 Å². The molecule has 2 aromatic carbocycles.